The minimum absolute atomic E-state index is 0.0580. The fourth-order valence-corrected chi connectivity index (χ4v) is 3.08. The first-order valence-electron chi connectivity index (χ1n) is 6.39. The van der Waals surface area contributed by atoms with Crippen LogP contribution in [0.15, 0.2) is 36.4 Å². The molecule has 1 aromatic carbocycles. The van der Waals surface area contributed by atoms with E-state index in [1.165, 1.54) is 36.8 Å². The Morgan fingerprint density at radius 3 is 2.41 bits per heavy atom. The van der Waals surface area contributed by atoms with Crippen molar-refractivity contribution in [2.75, 3.05) is 0 Å². The molecule has 0 spiro atoms. The van der Waals surface area contributed by atoms with Crippen molar-refractivity contribution in [1.29, 1.82) is 0 Å². The molecule has 2 aromatic rings. The zero-order valence-corrected chi connectivity index (χ0v) is 9.82. The van der Waals surface area contributed by atoms with Gasteiger partial charge in [-0.05, 0) is 37.8 Å². The van der Waals surface area contributed by atoms with E-state index in [0.717, 1.165) is 5.52 Å². The van der Waals surface area contributed by atoms with Gasteiger partial charge in [0, 0.05) is 22.0 Å². The van der Waals surface area contributed by atoms with Gasteiger partial charge in [0.2, 0.25) is 0 Å². The molecule has 0 amide bonds. The third-order valence-electron chi connectivity index (χ3n) is 4.58. The van der Waals surface area contributed by atoms with Gasteiger partial charge in [0.15, 0.2) is 0 Å². The van der Waals surface area contributed by atoms with Crippen LogP contribution in [0.2, 0.25) is 0 Å². The summed E-state index contributed by atoms with van der Waals surface area (Å²) in [7, 11) is 0. The standard InChI is InChI=1S/C15H16N2/c16-15(9-10-15)14(7-8-14)13-6-5-11-3-1-2-4-12(11)17-13/h1-6H,7-10,16H2. The van der Waals surface area contributed by atoms with Crippen LogP contribution in [-0.2, 0) is 5.41 Å². The lowest BCUT2D eigenvalue weighted by Gasteiger charge is -2.22. The molecule has 17 heavy (non-hydrogen) atoms. The fourth-order valence-electron chi connectivity index (χ4n) is 3.08. The molecular weight excluding hydrogens is 208 g/mol. The van der Waals surface area contributed by atoms with E-state index >= 15 is 0 Å². The summed E-state index contributed by atoms with van der Waals surface area (Å²) in [5, 5.41) is 1.22. The van der Waals surface area contributed by atoms with Crippen LogP contribution in [0.25, 0.3) is 10.9 Å². The highest BCUT2D eigenvalue weighted by Crippen LogP contribution is 2.63. The van der Waals surface area contributed by atoms with Crippen molar-refractivity contribution >= 4 is 10.9 Å². The van der Waals surface area contributed by atoms with Crippen molar-refractivity contribution in [3.63, 3.8) is 0 Å². The molecule has 4 rings (SSSR count). The van der Waals surface area contributed by atoms with Gasteiger partial charge in [-0.15, -0.1) is 0 Å². The van der Waals surface area contributed by atoms with Gasteiger partial charge in [0.25, 0.3) is 0 Å². The summed E-state index contributed by atoms with van der Waals surface area (Å²) in [6.07, 6.45) is 4.77. The van der Waals surface area contributed by atoms with E-state index in [4.69, 9.17) is 10.7 Å². The van der Waals surface area contributed by atoms with Crippen molar-refractivity contribution in [1.82, 2.24) is 4.98 Å². The van der Waals surface area contributed by atoms with Crippen molar-refractivity contribution in [3.8, 4) is 0 Å². The molecule has 0 aliphatic heterocycles. The average molecular weight is 224 g/mol. The molecule has 0 unspecified atom stereocenters. The Bertz CT molecular complexity index is 595. The smallest absolute Gasteiger partial charge is 0.0705 e. The van der Waals surface area contributed by atoms with Crippen LogP contribution in [0.3, 0.4) is 0 Å². The third kappa shape index (κ3) is 1.22. The third-order valence-corrected chi connectivity index (χ3v) is 4.58. The lowest BCUT2D eigenvalue weighted by molar-refractivity contribution is 0.492. The Kier molecular flexibility index (Phi) is 1.63. The van der Waals surface area contributed by atoms with Gasteiger partial charge in [0.1, 0.15) is 0 Å². The van der Waals surface area contributed by atoms with Crippen LogP contribution >= 0.6 is 0 Å². The Morgan fingerprint density at radius 2 is 1.71 bits per heavy atom. The lowest BCUT2D eigenvalue weighted by Crippen LogP contribution is -2.37. The molecule has 2 aliphatic carbocycles. The summed E-state index contributed by atoms with van der Waals surface area (Å²) in [5.41, 5.74) is 9.00. The van der Waals surface area contributed by atoms with Gasteiger partial charge in [-0.25, -0.2) is 0 Å². The maximum atomic E-state index is 6.42. The number of hydrogen-bond acceptors (Lipinski definition) is 2. The van der Waals surface area contributed by atoms with Crippen molar-refractivity contribution < 1.29 is 0 Å². The number of hydrogen-bond donors (Lipinski definition) is 1. The lowest BCUT2D eigenvalue weighted by atomic mass is 9.90. The summed E-state index contributed by atoms with van der Waals surface area (Å²) in [6.45, 7) is 0. The predicted octanol–water partition coefficient (Wildman–Crippen LogP) is 2.76. The van der Waals surface area contributed by atoms with Crippen molar-refractivity contribution in [2.45, 2.75) is 36.6 Å². The largest absolute Gasteiger partial charge is 0.324 e. The Balaban J connectivity index is 1.87. The van der Waals surface area contributed by atoms with E-state index < -0.39 is 0 Å². The molecule has 0 saturated heterocycles. The van der Waals surface area contributed by atoms with E-state index in [1.807, 2.05) is 6.07 Å². The maximum absolute atomic E-state index is 6.42. The number of fused-ring (bicyclic) bond motifs is 1. The van der Waals surface area contributed by atoms with Crippen molar-refractivity contribution in [2.24, 2.45) is 5.73 Å². The normalized spacial score (nSPS) is 23.6. The topological polar surface area (TPSA) is 38.9 Å². The van der Waals surface area contributed by atoms with E-state index in [1.54, 1.807) is 0 Å². The monoisotopic (exact) mass is 224 g/mol. The number of benzene rings is 1. The summed E-state index contributed by atoms with van der Waals surface area (Å²) in [5.74, 6) is 0. The quantitative estimate of drug-likeness (QED) is 0.852. The molecule has 1 aromatic heterocycles. The van der Waals surface area contributed by atoms with Crippen molar-refractivity contribution in [3.05, 3.63) is 42.1 Å². The Labute approximate surface area is 101 Å². The molecular formula is C15H16N2. The van der Waals surface area contributed by atoms with Gasteiger partial charge in [0.05, 0.1) is 5.52 Å². The molecule has 2 N–H and O–H groups in total. The van der Waals surface area contributed by atoms with Gasteiger partial charge in [-0.3, -0.25) is 4.98 Å². The number of pyridine rings is 1. The second kappa shape index (κ2) is 2.88. The highest BCUT2D eigenvalue weighted by molar-refractivity contribution is 5.78. The molecule has 0 radical (unpaired) electrons. The van der Waals surface area contributed by atoms with Gasteiger partial charge in [-0.1, -0.05) is 24.3 Å². The van der Waals surface area contributed by atoms with Crippen LogP contribution in [0, 0.1) is 0 Å². The maximum Gasteiger partial charge on any atom is 0.0705 e. The van der Waals surface area contributed by atoms with E-state index in [2.05, 4.69) is 30.3 Å². The predicted molar refractivity (Wildman–Crippen MR) is 68.8 cm³/mol. The first-order valence-corrected chi connectivity index (χ1v) is 6.39. The number of para-hydroxylation sites is 1. The summed E-state index contributed by atoms with van der Waals surface area (Å²) in [4.78, 5) is 4.84. The van der Waals surface area contributed by atoms with Gasteiger partial charge < -0.3 is 5.73 Å². The summed E-state index contributed by atoms with van der Waals surface area (Å²) in [6, 6.07) is 12.7. The first kappa shape index (κ1) is 9.60. The minimum atomic E-state index is 0.0580. The molecule has 2 saturated carbocycles. The van der Waals surface area contributed by atoms with Gasteiger partial charge in [-0.2, -0.15) is 0 Å². The molecule has 2 nitrogen and oxygen atoms in total. The number of nitrogens with zero attached hydrogens (tertiary/aromatic N) is 1. The summed E-state index contributed by atoms with van der Waals surface area (Å²) >= 11 is 0. The zero-order chi connectivity index (χ0) is 11.5. The molecule has 2 aliphatic rings. The van der Waals surface area contributed by atoms with Crippen LogP contribution in [0.4, 0.5) is 0 Å². The summed E-state index contributed by atoms with van der Waals surface area (Å²) < 4.78 is 0. The molecule has 2 heteroatoms. The fraction of sp³-hybridized carbons (Fsp3) is 0.400. The first-order chi connectivity index (χ1) is 8.24. The average Bonchev–Trinajstić information content (AvgIpc) is 3.24. The second-order valence-electron chi connectivity index (χ2n) is 5.63. The zero-order valence-electron chi connectivity index (χ0n) is 9.82. The molecule has 1 heterocycles. The SMILES string of the molecule is NC1(C2(c3ccc4ccccc4n3)CC2)CC1. The number of nitrogens with two attached hydrogens (primary N) is 1. The van der Waals surface area contributed by atoms with Gasteiger partial charge >= 0.3 is 0 Å². The highest BCUT2D eigenvalue weighted by atomic mass is 14.9. The number of rotatable bonds is 2. The van der Waals surface area contributed by atoms with Crippen LogP contribution in [0.1, 0.15) is 31.4 Å². The molecule has 0 bridgehead atoms. The van der Waals surface area contributed by atoms with E-state index in [0.29, 0.717) is 0 Å². The second-order valence-corrected chi connectivity index (χ2v) is 5.63. The van der Waals surface area contributed by atoms with E-state index in [9.17, 15) is 0 Å². The Hall–Kier alpha value is -1.41. The molecule has 86 valence electrons. The number of aromatic nitrogens is 1. The van der Waals surface area contributed by atoms with Crippen LogP contribution in [0.5, 0.6) is 0 Å². The minimum Gasteiger partial charge on any atom is -0.324 e. The molecule has 0 atom stereocenters. The van der Waals surface area contributed by atoms with Crippen LogP contribution in [-0.4, -0.2) is 10.5 Å². The van der Waals surface area contributed by atoms with Crippen LogP contribution < -0.4 is 5.73 Å². The van der Waals surface area contributed by atoms with E-state index in [-0.39, 0.29) is 11.0 Å². The Morgan fingerprint density at radius 1 is 0.941 bits per heavy atom. The highest BCUT2D eigenvalue weighted by Gasteiger charge is 2.64. The molecule has 2 fully saturated rings.